The SMILES string of the molecule is CN1CCOC(CNCc2ccccc2[N+](=O)[O-])C1. The van der Waals surface area contributed by atoms with E-state index in [1.54, 1.807) is 12.1 Å². The zero-order chi connectivity index (χ0) is 13.7. The quantitative estimate of drug-likeness (QED) is 0.636. The van der Waals surface area contributed by atoms with E-state index < -0.39 is 0 Å². The maximum atomic E-state index is 10.9. The van der Waals surface area contributed by atoms with Crippen LogP contribution in [0.1, 0.15) is 5.56 Å². The Kier molecular flexibility index (Phi) is 4.84. The molecule has 1 aromatic rings. The van der Waals surface area contributed by atoms with Crippen LogP contribution in [0.4, 0.5) is 5.69 Å². The summed E-state index contributed by atoms with van der Waals surface area (Å²) >= 11 is 0. The molecule has 6 nitrogen and oxygen atoms in total. The first-order valence-corrected chi connectivity index (χ1v) is 6.40. The Morgan fingerprint density at radius 1 is 1.53 bits per heavy atom. The molecule has 2 rings (SSSR count). The van der Waals surface area contributed by atoms with Gasteiger partial charge < -0.3 is 15.0 Å². The van der Waals surface area contributed by atoms with Crippen molar-refractivity contribution in [1.82, 2.24) is 10.2 Å². The number of rotatable bonds is 5. The molecule has 1 unspecified atom stereocenters. The minimum Gasteiger partial charge on any atom is -0.374 e. The third kappa shape index (κ3) is 3.99. The topological polar surface area (TPSA) is 67.6 Å². The Hall–Kier alpha value is -1.50. The molecular weight excluding hydrogens is 246 g/mol. The molecule has 19 heavy (non-hydrogen) atoms. The van der Waals surface area contributed by atoms with E-state index in [0.717, 1.165) is 19.7 Å². The fourth-order valence-corrected chi connectivity index (χ4v) is 2.20. The number of nitrogens with one attached hydrogen (secondary N) is 1. The molecule has 1 aliphatic heterocycles. The van der Waals surface area contributed by atoms with Crippen LogP contribution in [0.3, 0.4) is 0 Å². The molecule has 1 fully saturated rings. The van der Waals surface area contributed by atoms with E-state index in [2.05, 4.69) is 17.3 Å². The van der Waals surface area contributed by atoms with Crippen LogP contribution in [0.5, 0.6) is 0 Å². The van der Waals surface area contributed by atoms with Crippen molar-refractivity contribution in [3.8, 4) is 0 Å². The third-order valence-electron chi connectivity index (χ3n) is 3.22. The van der Waals surface area contributed by atoms with Crippen molar-refractivity contribution in [3.63, 3.8) is 0 Å². The molecule has 1 N–H and O–H groups in total. The lowest BCUT2D eigenvalue weighted by molar-refractivity contribution is -0.385. The van der Waals surface area contributed by atoms with Gasteiger partial charge in [0.1, 0.15) is 0 Å². The largest absolute Gasteiger partial charge is 0.374 e. The van der Waals surface area contributed by atoms with Crippen molar-refractivity contribution in [1.29, 1.82) is 0 Å². The molecule has 1 atom stereocenters. The zero-order valence-corrected chi connectivity index (χ0v) is 11.0. The summed E-state index contributed by atoms with van der Waals surface area (Å²) in [5.74, 6) is 0. The molecule has 1 heterocycles. The van der Waals surface area contributed by atoms with Gasteiger partial charge in [0.2, 0.25) is 0 Å². The lowest BCUT2D eigenvalue weighted by atomic mass is 10.2. The fraction of sp³-hybridized carbons (Fsp3) is 0.538. The van der Waals surface area contributed by atoms with E-state index in [0.29, 0.717) is 18.7 Å². The molecule has 0 aliphatic carbocycles. The average Bonchev–Trinajstić information content (AvgIpc) is 2.39. The van der Waals surface area contributed by atoms with Gasteiger partial charge in [0.25, 0.3) is 5.69 Å². The predicted molar refractivity (Wildman–Crippen MR) is 72.0 cm³/mol. The van der Waals surface area contributed by atoms with Crippen LogP contribution in [0.15, 0.2) is 24.3 Å². The summed E-state index contributed by atoms with van der Waals surface area (Å²) in [6, 6.07) is 6.80. The molecule has 0 bridgehead atoms. The minimum atomic E-state index is -0.345. The highest BCUT2D eigenvalue weighted by molar-refractivity contribution is 5.39. The van der Waals surface area contributed by atoms with Gasteiger partial charge in [-0.1, -0.05) is 18.2 Å². The molecule has 0 radical (unpaired) electrons. The van der Waals surface area contributed by atoms with Gasteiger partial charge >= 0.3 is 0 Å². The first kappa shape index (κ1) is 13.9. The van der Waals surface area contributed by atoms with Crippen LogP contribution in [0.25, 0.3) is 0 Å². The van der Waals surface area contributed by atoms with Gasteiger partial charge in [-0.05, 0) is 7.05 Å². The molecule has 0 spiro atoms. The Morgan fingerprint density at radius 3 is 3.05 bits per heavy atom. The number of nitrogens with zero attached hydrogens (tertiary/aromatic N) is 2. The first-order chi connectivity index (χ1) is 9.16. The molecule has 1 aliphatic rings. The molecule has 104 valence electrons. The van der Waals surface area contributed by atoms with Crippen molar-refractivity contribution in [2.45, 2.75) is 12.6 Å². The van der Waals surface area contributed by atoms with Crippen LogP contribution in [0, 0.1) is 10.1 Å². The van der Waals surface area contributed by atoms with Gasteiger partial charge in [0, 0.05) is 37.8 Å². The highest BCUT2D eigenvalue weighted by Gasteiger charge is 2.18. The predicted octanol–water partition coefficient (Wildman–Crippen LogP) is 1.01. The lowest BCUT2D eigenvalue weighted by Gasteiger charge is -2.30. The average molecular weight is 265 g/mol. The second kappa shape index (κ2) is 6.60. The number of ether oxygens (including phenoxy) is 1. The number of nitro benzene ring substituents is 1. The highest BCUT2D eigenvalue weighted by Crippen LogP contribution is 2.17. The van der Waals surface area contributed by atoms with Gasteiger partial charge in [-0.25, -0.2) is 0 Å². The molecule has 1 saturated heterocycles. The van der Waals surface area contributed by atoms with E-state index >= 15 is 0 Å². The normalized spacial score (nSPS) is 20.4. The molecule has 0 aromatic heterocycles. The van der Waals surface area contributed by atoms with Crippen molar-refractivity contribution in [2.75, 3.05) is 33.3 Å². The van der Waals surface area contributed by atoms with E-state index in [1.165, 1.54) is 6.07 Å². The second-order valence-corrected chi connectivity index (χ2v) is 4.77. The van der Waals surface area contributed by atoms with Crippen LogP contribution in [0.2, 0.25) is 0 Å². The smallest absolute Gasteiger partial charge is 0.273 e. The van der Waals surface area contributed by atoms with Crippen LogP contribution in [-0.2, 0) is 11.3 Å². The summed E-state index contributed by atoms with van der Waals surface area (Å²) in [6.07, 6.45) is 0.154. The molecule has 6 heteroatoms. The molecule has 1 aromatic carbocycles. The van der Waals surface area contributed by atoms with Crippen molar-refractivity contribution in [3.05, 3.63) is 39.9 Å². The first-order valence-electron chi connectivity index (χ1n) is 6.40. The number of hydrogen-bond acceptors (Lipinski definition) is 5. The number of nitro groups is 1. The number of hydrogen-bond donors (Lipinski definition) is 1. The Labute approximate surface area is 112 Å². The lowest BCUT2D eigenvalue weighted by Crippen LogP contribution is -2.44. The number of para-hydroxylation sites is 1. The minimum absolute atomic E-state index is 0.154. The monoisotopic (exact) mass is 265 g/mol. The third-order valence-corrected chi connectivity index (χ3v) is 3.22. The Balaban J connectivity index is 1.84. The van der Waals surface area contributed by atoms with E-state index in [-0.39, 0.29) is 16.7 Å². The summed E-state index contributed by atoms with van der Waals surface area (Å²) in [4.78, 5) is 12.8. The summed E-state index contributed by atoms with van der Waals surface area (Å²) in [7, 11) is 2.07. The van der Waals surface area contributed by atoms with Gasteiger partial charge in [-0.3, -0.25) is 10.1 Å². The van der Waals surface area contributed by atoms with E-state index in [4.69, 9.17) is 4.74 Å². The number of likely N-dealkylation sites (N-methyl/N-ethyl adjacent to an activating group) is 1. The van der Waals surface area contributed by atoms with Gasteiger partial charge in [0.05, 0.1) is 17.6 Å². The summed E-state index contributed by atoms with van der Waals surface area (Å²) in [5, 5.41) is 14.1. The number of benzene rings is 1. The summed E-state index contributed by atoms with van der Waals surface area (Å²) < 4.78 is 5.63. The zero-order valence-electron chi connectivity index (χ0n) is 11.0. The van der Waals surface area contributed by atoms with Crippen LogP contribution < -0.4 is 5.32 Å². The Morgan fingerprint density at radius 2 is 2.32 bits per heavy atom. The summed E-state index contributed by atoms with van der Waals surface area (Å²) in [6.45, 7) is 3.79. The van der Waals surface area contributed by atoms with Crippen molar-refractivity contribution < 1.29 is 9.66 Å². The van der Waals surface area contributed by atoms with Crippen LogP contribution >= 0.6 is 0 Å². The van der Waals surface area contributed by atoms with Gasteiger partial charge in [-0.2, -0.15) is 0 Å². The molecule has 0 saturated carbocycles. The van der Waals surface area contributed by atoms with Crippen molar-refractivity contribution >= 4 is 5.69 Å². The molecule has 0 amide bonds. The maximum Gasteiger partial charge on any atom is 0.273 e. The Bertz CT molecular complexity index is 439. The van der Waals surface area contributed by atoms with E-state index in [9.17, 15) is 10.1 Å². The van der Waals surface area contributed by atoms with Crippen molar-refractivity contribution in [2.24, 2.45) is 0 Å². The van der Waals surface area contributed by atoms with Gasteiger partial charge in [0.15, 0.2) is 0 Å². The highest BCUT2D eigenvalue weighted by atomic mass is 16.6. The standard InChI is InChI=1S/C13H19N3O3/c1-15-6-7-19-12(10-15)9-14-8-11-4-2-3-5-13(11)16(17)18/h2-5,12,14H,6-10H2,1H3. The number of morpholine rings is 1. The van der Waals surface area contributed by atoms with E-state index in [1.807, 2.05) is 6.07 Å². The van der Waals surface area contributed by atoms with Gasteiger partial charge in [-0.15, -0.1) is 0 Å². The fourth-order valence-electron chi connectivity index (χ4n) is 2.20. The van der Waals surface area contributed by atoms with Crippen LogP contribution in [-0.4, -0.2) is 49.2 Å². The molecular formula is C13H19N3O3. The summed E-state index contributed by atoms with van der Waals surface area (Å²) in [5.41, 5.74) is 0.869. The second-order valence-electron chi connectivity index (χ2n) is 4.77. The maximum absolute atomic E-state index is 10.9.